The van der Waals surface area contributed by atoms with Gasteiger partial charge in [-0.1, -0.05) is 64.9 Å². The highest BCUT2D eigenvalue weighted by Gasteiger charge is 2.30. The summed E-state index contributed by atoms with van der Waals surface area (Å²) >= 11 is 5.07. The second-order valence-electron chi connectivity index (χ2n) is 5.74. The number of amides is 1. The minimum Gasteiger partial charge on any atom is -0.461 e. The van der Waals surface area contributed by atoms with Gasteiger partial charge in [0, 0.05) is 6.42 Å². The Morgan fingerprint density at radius 3 is 2.33 bits per heavy atom. The highest BCUT2D eigenvalue weighted by molar-refractivity contribution is 7.80. The summed E-state index contributed by atoms with van der Waals surface area (Å²) in [5.41, 5.74) is 0. The first-order chi connectivity index (χ1) is 10.2. The second kappa shape index (κ2) is 10.8. The molecule has 0 radical (unpaired) electrons. The molecular weight excluding hydrogens is 282 g/mol. The molecule has 120 valence electrons. The fourth-order valence-corrected chi connectivity index (χ4v) is 2.83. The van der Waals surface area contributed by atoms with Gasteiger partial charge in [-0.2, -0.15) is 0 Å². The van der Waals surface area contributed by atoms with Crippen LogP contribution in [0.4, 0.5) is 0 Å². The van der Waals surface area contributed by atoms with Gasteiger partial charge in [-0.25, -0.2) is 0 Å². The lowest BCUT2D eigenvalue weighted by Crippen LogP contribution is -2.31. The maximum absolute atomic E-state index is 12.0. The molecule has 4 heteroatoms. The molecule has 1 rings (SSSR count). The molecule has 0 unspecified atom stereocenters. The van der Waals surface area contributed by atoms with Crippen molar-refractivity contribution >= 4 is 23.3 Å². The van der Waals surface area contributed by atoms with Crippen LogP contribution in [-0.4, -0.2) is 28.6 Å². The van der Waals surface area contributed by atoms with Gasteiger partial charge < -0.3 is 4.74 Å². The zero-order chi connectivity index (χ0) is 15.5. The molecule has 1 heterocycles. The van der Waals surface area contributed by atoms with E-state index in [1.54, 1.807) is 11.0 Å². The predicted molar refractivity (Wildman–Crippen MR) is 91.2 cm³/mol. The number of carbonyl (C=O) groups is 1. The minimum atomic E-state index is -0.135. The predicted octanol–water partition coefficient (Wildman–Crippen LogP) is 4.61. The van der Waals surface area contributed by atoms with Crippen LogP contribution in [0.15, 0.2) is 12.7 Å². The van der Waals surface area contributed by atoms with E-state index < -0.39 is 0 Å². The molecule has 0 saturated carbocycles. The quantitative estimate of drug-likeness (QED) is 0.317. The van der Waals surface area contributed by atoms with Crippen molar-refractivity contribution in [2.24, 2.45) is 0 Å². The average molecular weight is 311 g/mol. The fourth-order valence-electron chi connectivity index (χ4n) is 2.53. The zero-order valence-corrected chi connectivity index (χ0v) is 14.1. The normalized spacial score (nSPS) is 17.9. The van der Waals surface area contributed by atoms with E-state index >= 15 is 0 Å². The van der Waals surface area contributed by atoms with Gasteiger partial charge in [-0.15, -0.1) is 0 Å². The van der Waals surface area contributed by atoms with Gasteiger partial charge in [0.1, 0.15) is 6.10 Å². The Kier molecular flexibility index (Phi) is 9.31. The number of ether oxygens (including phenoxy) is 1. The van der Waals surface area contributed by atoms with E-state index in [1.165, 1.54) is 44.9 Å². The molecule has 0 aromatic rings. The van der Waals surface area contributed by atoms with Crippen LogP contribution in [0, 0.1) is 0 Å². The lowest BCUT2D eigenvalue weighted by Gasteiger charge is -2.12. The summed E-state index contributed by atoms with van der Waals surface area (Å²) in [6.07, 6.45) is 13.5. The molecule has 1 aliphatic heterocycles. The third kappa shape index (κ3) is 7.07. The maximum atomic E-state index is 12.0. The topological polar surface area (TPSA) is 29.5 Å². The summed E-state index contributed by atoms with van der Waals surface area (Å²) in [6, 6.07) is 0. The second-order valence-corrected chi connectivity index (χ2v) is 6.09. The van der Waals surface area contributed by atoms with Crippen molar-refractivity contribution in [3.63, 3.8) is 0 Å². The summed E-state index contributed by atoms with van der Waals surface area (Å²) in [6.45, 7) is 6.44. The summed E-state index contributed by atoms with van der Waals surface area (Å²) in [5.74, 6) is 0.0901. The van der Waals surface area contributed by atoms with Gasteiger partial charge in [0.25, 0.3) is 5.17 Å². The molecule has 1 amide bonds. The molecule has 0 aromatic heterocycles. The van der Waals surface area contributed by atoms with Crippen molar-refractivity contribution in [1.29, 1.82) is 0 Å². The first kappa shape index (κ1) is 18.1. The van der Waals surface area contributed by atoms with Crippen molar-refractivity contribution in [2.45, 2.75) is 77.2 Å². The van der Waals surface area contributed by atoms with E-state index in [1.807, 2.05) is 0 Å². The molecule has 1 fully saturated rings. The highest BCUT2D eigenvalue weighted by Crippen LogP contribution is 2.16. The lowest BCUT2D eigenvalue weighted by molar-refractivity contribution is -0.127. The van der Waals surface area contributed by atoms with Gasteiger partial charge >= 0.3 is 0 Å². The fraction of sp³-hybridized carbons (Fsp3) is 0.765. The Hall–Kier alpha value is -0.900. The Morgan fingerprint density at radius 2 is 1.81 bits per heavy atom. The van der Waals surface area contributed by atoms with Crippen LogP contribution in [0.3, 0.4) is 0 Å². The first-order valence-corrected chi connectivity index (χ1v) is 8.73. The van der Waals surface area contributed by atoms with Crippen LogP contribution in [0.25, 0.3) is 0 Å². The summed E-state index contributed by atoms with van der Waals surface area (Å²) in [7, 11) is 0. The van der Waals surface area contributed by atoms with Gasteiger partial charge in [-0.3, -0.25) is 9.69 Å². The number of rotatable bonds is 11. The van der Waals surface area contributed by atoms with Crippen molar-refractivity contribution < 1.29 is 9.53 Å². The van der Waals surface area contributed by atoms with Crippen molar-refractivity contribution in [1.82, 2.24) is 4.90 Å². The number of nitrogens with zero attached hydrogens (tertiary/aromatic N) is 1. The molecule has 21 heavy (non-hydrogen) atoms. The number of unbranched alkanes of at least 4 members (excludes halogenated alkanes) is 8. The highest BCUT2D eigenvalue weighted by atomic mass is 32.1. The molecule has 0 N–H and O–H groups in total. The van der Waals surface area contributed by atoms with Crippen LogP contribution in [-0.2, 0) is 9.53 Å². The van der Waals surface area contributed by atoms with E-state index in [0.717, 1.165) is 12.8 Å². The van der Waals surface area contributed by atoms with Crippen molar-refractivity contribution in [2.75, 3.05) is 6.54 Å². The van der Waals surface area contributed by atoms with E-state index in [4.69, 9.17) is 17.0 Å². The smallest absolute Gasteiger partial charge is 0.266 e. The molecule has 1 aliphatic rings. The van der Waals surface area contributed by atoms with Crippen LogP contribution < -0.4 is 0 Å². The number of thiocarbonyl (C=S) groups is 1. The largest absolute Gasteiger partial charge is 0.461 e. The number of hydrogen-bond donors (Lipinski definition) is 0. The van der Waals surface area contributed by atoms with Crippen LogP contribution in [0.2, 0.25) is 0 Å². The zero-order valence-electron chi connectivity index (χ0n) is 13.3. The molecule has 0 aromatic carbocycles. The summed E-state index contributed by atoms with van der Waals surface area (Å²) in [4.78, 5) is 13.6. The number of hydrogen-bond acceptors (Lipinski definition) is 3. The maximum Gasteiger partial charge on any atom is 0.266 e. The summed E-state index contributed by atoms with van der Waals surface area (Å²) < 4.78 is 5.35. The average Bonchev–Trinajstić information content (AvgIpc) is 2.86. The standard InChI is InChI=1S/C17H29NO2S/c1-3-5-6-7-8-9-10-11-12-13-16(19)18-14-15(4-2)20-17(18)21/h4,15H,2-3,5-14H2,1H3/t15-/m1/s1. The third-order valence-electron chi connectivity index (χ3n) is 3.89. The minimum absolute atomic E-state index is 0.0901. The van der Waals surface area contributed by atoms with Crippen LogP contribution in [0.5, 0.6) is 0 Å². The first-order valence-electron chi connectivity index (χ1n) is 8.32. The Morgan fingerprint density at radius 1 is 1.24 bits per heavy atom. The van der Waals surface area contributed by atoms with E-state index in [0.29, 0.717) is 18.1 Å². The molecule has 1 atom stereocenters. The number of carbonyl (C=O) groups excluding carboxylic acids is 1. The molecule has 0 aliphatic carbocycles. The Balaban J connectivity index is 2.01. The van der Waals surface area contributed by atoms with Crippen LogP contribution >= 0.6 is 12.2 Å². The van der Waals surface area contributed by atoms with Gasteiger partial charge in [0.05, 0.1) is 6.54 Å². The molecule has 0 spiro atoms. The monoisotopic (exact) mass is 311 g/mol. The van der Waals surface area contributed by atoms with Crippen molar-refractivity contribution in [3.05, 3.63) is 12.7 Å². The molecular formula is C17H29NO2S. The molecule has 0 bridgehead atoms. The van der Waals surface area contributed by atoms with Gasteiger partial charge in [0.15, 0.2) is 0 Å². The lowest BCUT2D eigenvalue weighted by atomic mass is 10.1. The van der Waals surface area contributed by atoms with Crippen LogP contribution in [0.1, 0.15) is 71.1 Å². The van der Waals surface area contributed by atoms with E-state index in [-0.39, 0.29) is 12.0 Å². The Labute approximate surface area is 134 Å². The summed E-state index contributed by atoms with van der Waals surface area (Å²) in [5, 5.41) is 0.306. The van der Waals surface area contributed by atoms with Gasteiger partial charge in [0.2, 0.25) is 5.91 Å². The van der Waals surface area contributed by atoms with Crippen molar-refractivity contribution in [3.8, 4) is 0 Å². The molecule has 1 saturated heterocycles. The molecule has 3 nitrogen and oxygen atoms in total. The Bertz CT molecular complexity index is 344. The third-order valence-corrected chi connectivity index (χ3v) is 4.21. The van der Waals surface area contributed by atoms with Gasteiger partial charge in [-0.05, 0) is 24.7 Å². The van der Waals surface area contributed by atoms with E-state index in [2.05, 4.69) is 13.5 Å². The SMILES string of the molecule is C=C[C@@H]1CN(C(=O)CCCCCCCCCCC)C(=S)O1. The van der Waals surface area contributed by atoms with E-state index in [9.17, 15) is 4.79 Å².